The van der Waals surface area contributed by atoms with Crippen LogP contribution in [0.2, 0.25) is 0 Å². The van der Waals surface area contributed by atoms with Crippen LogP contribution >= 0.6 is 0 Å². The zero-order valence-corrected chi connectivity index (χ0v) is 10.7. The number of carbonyl (C=O) groups is 2. The zero-order valence-electron chi connectivity index (χ0n) is 10.7. The number of aryl methyl sites for hydroxylation is 1. The first-order valence-electron chi connectivity index (χ1n) is 5.78. The summed E-state index contributed by atoms with van der Waals surface area (Å²) < 4.78 is 4.71. The molecule has 0 aliphatic rings. The smallest absolute Gasteiger partial charge is 0.379 e. The Morgan fingerprint density at radius 3 is 2.41 bits per heavy atom. The Labute approximate surface area is 102 Å². The summed E-state index contributed by atoms with van der Waals surface area (Å²) >= 11 is 0. The van der Waals surface area contributed by atoms with Crippen LogP contribution in [0.3, 0.4) is 0 Å². The molecule has 0 aliphatic carbocycles. The Morgan fingerprint density at radius 1 is 1.24 bits per heavy atom. The van der Waals surface area contributed by atoms with Gasteiger partial charge in [0.2, 0.25) is 0 Å². The average molecular weight is 234 g/mol. The molecular formula is C14H18O3. The summed E-state index contributed by atoms with van der Waals surface area (Å²) in [6.45, 7) is 7.91. The Morgan fingerprint density at radius 2 is 1.88 bits per heavy atom. The largest absolute Gasteiger partial charge is 0.460 e. The fraction of sp³-hybridized carbons (Fsp3) is 0.429. The van der Waals surface area contributed by atoms with Gasteiger partial charge in [-0.2, -0.15) is 0 Å². The van der Waals surface area contributed by atoms with Gasteiger partial charge in [0.15, 0.2) is 0 Å². The maximum atomic E-state index is 11.8. The second-order valence-electron chi connectivity index (χ2n) is 4.34. The van der Waals surface area contributed by atoms with E-state index < -0.39 is 11.8 Å². The van der Waals surface area contributed by atoms with E-state index in [1.165, 1.54) is 0 Å². The number of Topliss-reactive ketones (excluding diaryl/α,β-unsaturated/α-hetero) is 1. The molecule has 0 saturated carbocycles. The second kappa shape index (κ2) is 5.62. The van der Waals surface area contributed by atoms with Crippen molar-refractivity contribution in [1.82, 2.24) is 0 Å². The summed E-state index contributed by atoms with van der Waals surface area (Å²) in [6, 6.07) is 5.49. The molecule has 1 rings (SSSR count). The molecule has 0 heterocycles. The highest BCUT2D eigenvalue weighted by atomic mass is 16.5. The molecule has 0 spiro atoms. The van der Waals surface area contributed by atoms with Gasteiger partial charge in [0.05, 0.1) is 6.61 Å². The van der Waals surface area contributed by atoms with Crippen molar-refractivity contribution < 1.29 is 14.3 Å². The van der Waals surface area contributed by atoms with Gasteiger partial charge in [-0.25, -0.2) is 4.79 Å². The third-order valence-corrected chi connectivity index (χ3v) is 2.49. The van der Waals surface area contributed by atoms with Crippen molar-refractivity contribution in [3.8, 4) is 0 Å². The minimum absolute atomic E-state index is 0.216. The van der Waals surface area contributed by atoms with Crippen LogP contribution in [0.15, 0.2) is 18.2 Å². The molecule has 0 fully saturated rings. The number of ketones is 1. The van der Waals surface area contributed by atoms with E-state index in [4.69, 9.17) is 4.74 Å². The first-order chi connectivity index (χ1) is 7.95. The number of rotatable bonds is 4. The molecule has 0 unspecified atom stereocenters. The number of hydrogen-bond donors (Lipinski definition) is 0. The minimum Gasteiger partial charge on any atom is -0.460 e. The summed E-state index contributed by atoms with van der Waals surface area (Å²) in [7, 11) is 0. The van der Waals surface area contributed by atoms with E-state index in [0.29, 0.717) is 11.5 Å². The van der Waals surface area contributed by atoms with Crippen molar-refractivity contribution in [2.24, 2.45) is 0 Å². The van der Waals surface area contributed by atoms with E-state index in [9.17, 15) is 9.59 Å². The molecule has 3 heteroatoms. The van der Waals surface area contributed by atoms with Gasteiger partial charge in [0.1, 0.15) is 0 Å². The van der Waals surface area contributed by atoms with Gasteiger partial charge in [-0.3, -0.25) is 4.79 Å². The first kappa shape index (κ1) is 13.4. The van der Waals surface area contributed by atoms with E-state index in [0.717, 1.165) is 11.1 Å². The van der Waals surface area contributed by atoms with Crippen LogP contribution < -0.4 is 0 Å². The average Bonchev–Trinajstić information content (AvgIpc) is 2.27. The maximum absolute atomic E-state index is 11.8. The third-order valence-electron chi connectivity index (χ3n) is 2.49. The lowest BCUT2D eigenvalue weighted by atomic mass is 9.96. The van der Waals surface area contributed by atoms with Crippen LogP contribution in [0.4, 0.5) is 0 Å². The quantitative estimate of drug-likeness (QED) is 0.457. The highest BCUT2D eigenvalue weighted by Crippen LogP contribution is 2.18. The summed E-state index contributed by atoms with van der Waals surface area (Å²) in [5.74, 6) is -1.03. The molecule has 3 nitrogen and oxygen atoms in total. The SMILES string of the molecule is CCOC(=O)C(=O)c1cc(C)cc(C(C)C)c1. The second-order valence-corrected chi connectivity index (χ2v) is 4.34. The maximum Gasteiger partial charge on any atom is 0.379 e. The predicted molar refractivity (Wildman–Crippen MR) is 66.2 cm³/mol. The molecular weight excluding hydrogens is 216 g/mol. The van der Waals surface area contributed by atoms with Crippen LogP contribution in [0.1, 0.15) is 48.2 Å². The molecule has 0 amide bonds. The predicted octanol–water partition coefficient (Wildman–Crippen LogP) is 2.86. The van der Waals surface area contributed by atoms with E-state index in [1.807, 2.05) is 26.8 Å². The molecule has 17 heavy (non-hydrogen) atoms. The summed E-state index contributed by atoms with van der Waals surface area (Å²) in [6.07, 6.45) is 0. The standard InChI is InChI=1S/C14H18O3/c1-5-17-14(16)13(15)12-7-10(4)6-11(8-12)9(2)3/h6-9H,5H2,1-4H3. The molecule has 1 aromatic rings. The molecule has 0 saturated heterocycles. The van der Waals surface area contributed by atoms with E-state index in [-0.39, 0.29) is 6.61 Å². The summed E-state index contributed by atoms with van der Waals surface area (Å²) in [5.41, 5.74) is 2.44. The van der Waals surface area contributed by atoms with Gasteiger partial charge in [0.25, 0.3) is 5.78 Å². The Balaban J connectivity index is 3.05. The van der Waals surface area contributed by atoms with Gasteiger partial charge in [-0.05, 0) is 37.5 Å². The topological polar surface area (TPSA) is 43.4 Å². The van der Waals surface area contributed by atoms with Crippen LogP contribution in [0.25, 0.3) is 0 Å². The fourth-order valence-electron chi connectivity index (χ4n) is 1.59. The van der Waals surface area contributed by atoms with Gasteiger partial charge in [0, 0.05) is 5.56 Å². The molecule has 0 aliphatic heterocycles. The molecule has 0 bridgehead atoms. The minimum atomic E-state index is -0.784. The van der Waals surface area contributed by atoms with Crippen LogP contribution in [-0.2, 0) is 9.53 Å². The van der Waals surface area contributed by atoms with E-state index >= 15 is 0 Å². The van der Waals surface area contributed by atoms with Gasteiger partial charge in [-0.15, -0.1) is 0 Å². The van der Waals surface area contributed by atoms with Crippen LogP contribution in [0, 0.1) is 6.92 Å². The summed E-state index contributed by atoms with van der Waals surface area (Å²) in [4.78, 5) is 23.2. The summed E-state index contributed by atoms with van der Waals surface area (Å²) in [5, 5.41) is 0. The lowest BCUT2D eigenvalue weighted by Crippen LogP contribution is -2.17. The van der Waals surface area contributed by atoms with Crippen molar-refractivity contribution in [2.45, 2.75) is 33.6 Å². The van der Waals surface area contributed by atoms with Crippen molar-refractivity contribution in [1.29, 1.82) is 0 Å². The molecule has 0 radical (unpaired) electrons. The molecule has 92 valence electrons. The fourth-order valence-corrected chi connectivity index (χ4v) is 1.59. The number of hydrogen-bond acceptors (Lipinski definition) is 3. The highest BCUT2D eigenvalue weighted by Gasteiger charge is 2.18. The lowest BCUT2D eigenvalue weighted by Gasteiger charge is -2.09. The normalized spacial score (nSPS) is 10.4. The monoisotopic (exact) mass is 234 g/mol. The van der Waals surface area contributed by atoms with Gasteiger partial charge >= 0.3 is 5.97 Å². The van der Waals surface area contributed by atoms with Crippen LogP contribution in [0.5, 0.6) is 0 Å². The van der Waals surface area contributed by atoms with Gasteiger partial charge < -0.3 is 4.74 Å². The van der Waals surface area contributed by atoms with Crippen molar-refractivity contribution in [2.75, 3.05) is 6.61 Å². The third kappa shape index (κ3) is 3.41. The number of esters is 1. The highest BCUT2D eigenvalue weighted by molar-refractivity contribution is 6.40. The van der Waals surface area contributed by atoms with E-state index in [1.54, 1.807) is 19.1 Å². The Kier molecular flexibility index (Phi) is 4.44. The van der Waals surface area contributed by atoms with E-state index in [2.05, 4.69) is 0 Å². The van der Waals surface area contributed by atoms with Crippen LogP contribution in [-0.4, -0.2) is 18.4 Å². The number of carbonyl (C=O) groups excluding carboxylic acids is 2. The molecule has 0 atom stereocenters. The van der Waals surface area contributed by atoms with Crippen molar-refractivity contribution in [3.63, 3.8) is 0 Å². The lowest BCUT2D eigenvalue weighted by molar-refractivity contribution is -0.137. The number of benzene rings is 1. The Hall–Kier alpha value is -1.64. The molecule has 0 aromatic heterocycles. The van der Waals surface area contributed by atoms with Gasteiger partial charge in [-0.1, -0.05) is 25.5 Å². The zero-order chi connectivity index (χ0) is 13.0. The van der Waals surface area contributed by atoms with Crippen molar-refractivity contribution in [3.05, 3.63) is 34.9 Å². The molecule has 1 aromatic carbocycles. The first-order valence-corrected chi connectivity index (χ1v) is 5.78. The molecule has 0 N–H and O–H groups in total. The van der Waals surface area contributed by atoms with Crippen molar-refractivity contribution >= 4 is 11.8 Å². The number of ether oxygens (including phenoxy) is 1. The Bertz CT molecular complexity index is 433.